The summed E-state index contributed by atoms with van der Waals surface area (Å²) in [4.78, 5) is 16.0. The summed E-state index contributed by atoms with van der Waals surface area (Å²) < 4.78 is 2.32. The van der Waals surface area contributed by atoms with Crippen LogP contribution in [0.1, 0.15) is 67.6 Å². The standard InChI is InChI=1S/C19H27N5OS/c1-14(16-8-6-12-26-16)20-18(25)13-23-10-5-7-15(23)19-22-21-17-9-3-2-4-11-24(17)19/h6,8,12,14-15H,2-5,7,9-11,13H2,1H3,(H,20,25). The molecule has 0 saturated carbocycles. The fourth-order valence-corrected chi connectivity index (χ4v) is 4.88. The van der Waals surface area contributed by atoms with Gasteiger partial charge in [-0.3, -0.25) is 9.69 Å². The zero-order valence-corrected chi connectivity index (χ0v) is 16.2. The van der Waals surface area contributed by atoms with E-state index in [0.717, 1.165) is 44.0 Å². The third-order valence-electron chi connectivity index (χ3n) is 5.49. The first-order valence-corrected chi connectivity index (χ1v) is 10.6. The van der Waals surface area contributed by atoms with Crippen LogP contribution in [-0.4, -0.2) is 38.7 Å². The number of nitrogens with zero attached hydrogens (tertiary/aromatic N) is 4. The number of fused-ring (bicyclic) bond motifs is 1. The quantitative estimate of drug-likeness (QED) is 0.875. The maximum atomic E-state index is 12.6. The van der Waals surface area contributed by atoms with E-state index in [1.54, 1.807) is 11.3 Å². The lowest BCUT2D eigenvalue weighted by atomic mass is 10.2. The Labute approximate surface area is 158 Å². The molecule has 1 fully saturated rings. The summed E-state index contributed by atoms with van der Waals surface area (Å²) in [5, 5.41) is 14.1. The molecule has 6 nitrogen and oxygen atoms in total. The van der Waals surface area contributed by atoms with E-state index in [9.17, 15) is 4.79 Å². The second-order valence-corrected chi connectivity index (χ2v) is 8.35. The van der Waals surface area contributed by atoms with Crippen molar-refractivity contribution in [1.29, 1.82) is 0 Å². The molecule has 0 radical (unpaired) electrons. The summed E-state index contributed by atoms with van der Waals surface area (Å²) in [5.74, 6) is 2.28. The van der Waals surface area contributed by atoms with Crippen molar-refractivity contribution in [2.75, 3.05) is 13.1 Å². The van der Waals surface area contributed by atoms with E-state index in [0.29, 0.717) is 6.54 Å². The van der Waals surface area contributed by atoms with E-state index in [1.165, 1.54) is 24.1 Å². The summed E-state index contributed by atoms with van der Waals surface area (Å²) in [7, 11) is 0. The number of rotatable bonds is 5. The molecular weight excluding hydrogens is 346 g/mol. The Bertz CT molecular complexity index is 741. The van der Waals surface area contributed by atoms with Crippen LogP contribution >= 0.6 is 11.3 Å². The van der Waals surface area contributed by atoms with Gasteiger partial charge in [-0.2, -0.15) is 0 Å². The zero-order valence-electron chi connectivity index (χ0n) is 15.4. The molecule has 2 aromatic rings. The van der Waals surface area contributed by atoms with Crippen molar-refractivity contribution in [3.63, 3.8) is 0 Å². The molecule has 2 unspecified atom stereocenters. The maximum Gasteiger partial charge on any atom is 0.234 e. The minimum atomic E-state index is 0.0629. The van der Waals surface area contributed by atoms with Crippen LogP contribution in [0.2, 0.25) is 0 Å². The van der Waals surface area contributed by atoms with Crippen LogP contribution in [-0.2, 0) is 17.8 Å². The molecule has 2 aromatic heterocycles. The number of aromatic nitrogens is 3. The predicted octanol–water partition coefficient (Wildman–Crippen LogP) is 3.08. The third-order valence-corrected chi connectivity index (χ3v) is 6.55. The van der Waals surface area contributed by atoms with Crippen LogP contribution in [0.4, 0.5) is 0 Å². The average molecular weight is 374 g/mol. The molecule has 2 aliphatic heterocycles. The molecule has 1 amide bonds. The van der Waals surface area contributed by atoms with Gasteiger partial charge in [0.25, 0.3) is 0 Å². The molecule has 26 heavy (non-hydrogen) atoms. The number of likely N-dealkylation sites (tertiary alicyclic amines) is 1. The van der Waals surface area contributed by atoms with Gasteiger partial charge >= 0.3 is 0 Å². The first-order chi connectivity index (χ1) is 12.7. The van der Waals surface area contributed by atoms with E-state index in [-0.39, 0.29) is 18.0 Å². The van der Waals surface area contributed by atoms with Gasteiger partial charge in [-0.05, 0) is 50.6 Å². The second kappa shape index (κ2) is 7.88. The van der Waals surface area contributed by atoms with Gasteiger partial charge in [0.15, 0.2) is 0 Å². The van der Waals surface area contributed by atoms with Crippen LogP contribution in [0.5, 0.6) is 0 Å². The number of amides is 1. The topological polar surface area (TPSA) is 63.1 Å². The van der Waals surface area contributed by atoms with Crippen molar-refractivity contribution in [3.8, 4) is 0 Å². The van der Waals surface area contributed by atoms with E-state index in [1.807, 2.05) is 18.4 Å². The first-order valence-electron chi connectivity index (χ1n) is 9.71. The lowest BCUT2D eigenvalue weighted by Gasteiger charge is -2.24. The van der Waals surface area contributed by atoms with Gasteiger partial charge in [-0.1, -0.05) is 12.5 Å². The Morgan fingerprint density at radius 2 is 2.23 bits per heavy atom. The lowest BCUT2D eigenvalue weighted by Crippen LogP contribution is -2.38. The molecule has 0 aromatic carbocycles. The predicted molar refractivity (Wildman–Crippen MR) is 102 cm³/mol. The van der Waals surface area contributed by atoms with Crippen LogP contribution in [0.15, 0.2) is 17.5 Å². The number of hydrogen-bond donors (Lipinski definition) is 1. The number of carbonyl (C=O) groups excluding carboxylic acids is 1. The molecule has 4 heterocycles. The Morgan fingerprint density at radius 1 is 1.31 bits per heavy atom. The molecule has 7 heteroatoms. The van der Waals surface area contributed by atoms with Gasteiger partial charge in [-0.15, -0.1) is 21.5 Å². The first kappa shape index (κ1) is 17.7. The highest BCUT2D eigenvalue weighted by Crippen LogP contribution is 2.32. The van der Waals surface area contributed by atoms with Crippen molar-refractivity contribution in [3.05, 3.63) is 34.0 Å². The van der Waals surface area contributed by atoms with Crippen molar-refractivity contribution in [2.45, 2.75) is 64.1 Å². The Hall–Kier alpha value is -1.73. The van der Waals surface area contributed by atoms with Gasteiger partial charge in [0.1, 0.15) is 11.6 Å². The Morgan fingerprint density at radius 3 is 3.08 bits per heavy atom. The van der Waals surface area contributed by atoms with Crippen molar-refractivity contribution in [1.82, 2.24) is 25.0 Å². The third kappa shape index (κ3) is 3.69. The molecule has 2 aliphatic rings. The van der Waals surface area contributed by atoms with Crippen LogP contribution in [0.3, 0.4) is 0 Å². The minimum Gasteiger partial charge on any atom is -0.348 e. The van der Waals surface area contributed by atoms with Gasteiger partial charge in [0.05, 0.1) is 18.6 Å². The number of thiophene rings is 1. The van der Waals surface area contributed by atoms with Gasteiger partial charge in [0.2, 0.25) is 5.91 Å². The molecule has 1 saturated heterocycles. The van der Waals surface area contributed by atoms with Crippen molar-refractivity contribution < 1.29 is 4.79 Å². The zero-order chi connectivity index (χ0) is 17.9. The summed E-state index contributed by atoms with van der Waals surface area (Å²) in [5.41, 5.74) is 0. The molecule has 2 atom stereocenters. The Balaban J connectivity index is 1.42. The molecule has 1 N–H and O–H groups in total. The molecular formula is C19H27N5OS. The van der Waals surface area contributed by atoms with Crippen LogP contribution in [0.25, 0.3) is 0 Å². The van der Waals surface area contributed by atoms with Gasteiger partial charge in [-0.25, -0.2) is 0 Å². The van der Waals surface area contributed by atoms with E-state index in [4.69, 9.17) is 0 Å². The summed E-state index contributed by atoms with van der Waals surface area (Å²) >= 11 is 1.68. The molecule has 0 spiro atoms. The maximum absolute atomic E-state index is 12.6. The number of hydrogen-bond acceptors (Lipinski definition) is 5. The highest BCUT2D eigenvalue weighted by atomic mass is 32.1. The van der Waals surface area contributed by atoms with Crippen LogP contribution < -0.4 is 5.32 Å². The number of nitrogens with one attached hydrogen (secondary N) is 1. The lowest BCUT2D eigenvalue weighted by molar-refractivity contribution is -0.123. The Kier molecular flexibility index (Phi) is 5.36. The smallest absolute Gasteiger partial charge is 0.234 e. The summed E-state index contributed by atoms with van der Waals surface area (Å²) in [6.07, 6.45) is 6.87. The highest BCUT2D eigenvalue weighted by Gasteiger charge is 2.32. The fourth-order valence-electron chi connectivity index (χ4n) is 4.14. The van der Waals surface area contributed by atoms with Gasteiger partial charge < -0.3 is 9.88 Å². The molecule has 0 aliphatic carbocycles. The van der Waals surface area contributed by atoms with Crippen molar-refractivity contribution in [2.24, 2.45) is 0 Å². The second-order valence-electron chi connectivity index (χ2n) is 7.37. The van der Waals surface area contributed by atoms with Crippen LogP contribution in [0, 0.1) is 0 Å². The fraction of sp³-hybridized carbons (Fsp3) is 0.632. The highest BCUT2D eigenvalue weighted by molar-refractivity contribution is 7.10. The largest absolute Gasteiger partial charge is 0.348 e. The number of aryl methyl sites for hydroxylation is 1. The minimum absolute atomic E-state index is 0.0629. The SMILES string of the molecule is CC(NC(=O)CN1CCCC1c1nnc2n1CCCCC2)c1cccs1. The van der Waals surface area contributed by atoms with E-state index < -0.39 is 0 Å². The number of carbonyl (C=O) groups is 1. The van der Waals surface area contributed by atoms with E-state index in [2.05, 4.69) is 31.0 Å². The van der Waals surface area contributed by atoms with Gasteiger partial charge in [0, 0.05) is 17.8 Å². The van der Waals surface area contributed by atoms with E-state index >= 15 is 0 Å². The van der Waals surface area contributed by atoms with Crippen molar-refractivity contribution >= 4 is 17.2 Å². The normalized spacial score (nSPS) is 22.0. The summed E-state index contributed by atoms with van der Waals surface area (Å²) in [6, 6.07) is 4.38. The molecule has 140 valence electrons. The molecule has 4 rings (SSSR count). The monoisotopic (exact) mass is 373 g/mol. The average Bonchev–Trinajstić information content (AvgIpc) is 3.34. The summed E-state index contributed by atoms with van der Waals surface area (Å²) in [6.45, 7) is 4.45. The molecule has 0 bridgehead atoms.